The number of aliphatic hydroxyl groups excluding tert-OH is 3. The third kappa shape index (κ3) is 2.15. The molecule has 94 valence electrons. The third-order valence-electron chi connectivity index (χ3n) is 2.50. The molecular weight excluding hydrogens is 250 g/mol. The van der Waals surface area contributed by atoms with Crippen LogP contribution in [0.25, 0.3) is 0 Å². The number of ether oxygens (including phenoxy) is 1. The van der Waals surface area contributed by atoms with E-state index in [0.29, 0.717) is 0 Å². The van der Waals surface area contributed by atoms with E-state index in [9.17, 15) is 15.0 Å². The summed E-state index contributed by atoms with van der Waals surface area (Å²) in [5, 5.41) is 31.9. The molecular formula is C8H11N3O5S. The minimum absolute atomic E-state index is 0.0349. The zero-order valence-corrected chi connectivity index (χ0v) is 9.37. The summed E-state index contributed by atoms with van der Waals surface area (Å²) in [5.41, 5.74) is -0.474. The van der Waals surface area contributed by atoms with E-state index < -0.39 is 36.7 Å². The summed E-state index contributed by atoms with van der Waals surface area (Å²) >= 11 is 4.85. The van der Waals surface area contributed by atoms with Gasteiger partial charge in [-0.15, -0.1) is 0 Å². The summed E-state index contributed by atoms with van der Waals surface area (Å²) in [4.78, 5) is 13.2. The van der Waals surface area contributed by atoms with Crippen LogP contribution in [0.1, 0.15) is 6.23 Å². The van der Waals surface area contributed by atoms with Crippen LogP contribution in [0, 0.1) is 4.77 Å². The molecule has 1 aromatic heterocycles. The number of nitrogens with one attached hydrogen (secondary N) is 1. The molecule has 1 saturated heterocycles. The summed E-state index contributed by atoms with van der Waals surface area (Å²) in [6.45, 7) is -0.439. The molecule has 1 aromatic rings. The lowest BCUT2D eigenvalue weighted by Crippen LogP contribution is -2.33. The van der Waals surface area contributed by atoms with Crippen LogP contribution in [0.3, 0.4) is 0 Å². The van der Waals surface area contributed by atoms with Crippen LogP contribution < -0.4 is 5.56 Å². The van der Waals surface area contributed by atoms with Gasteiger partial charge >= 0.3 is 0 Å². The van der Waals surface area contributed by atoms with E-state index in [1.165, 1.54) is 0 Å². The molecule has 4 atom stereocenters. The Morgan fingerprint density at radius 3 is 2.76 bits per heavy atom. The summed E-state index contributed by atoms with van der Waals surface area (Å²) < 4.78 is 6.24. The Morgan fingerprint density at radius 2 is 2.24 bits per heavy atom. The number of aromatic amines is 1. The average Bonchev–Trinajstić information content (AvgIpc) is 2.57. The van der Waals surface area contributed by atoms with Gasteiger partial charge in [-0.1, -0.05) is 0 Å². The fourth-order valence-electron chi connectivity index (χ4n) is 1.63. The predicted octanol–water partition coefficient (Wildman–Crippen LogP) is -2.09. The summed E-state index contributed by atoms with van der Waals surface area (Å²) in [6, 6.07) is 0. The molecule has 0 spiro atoms. The van der Waals surface area contributed by atoms with E-state index in [2.05, 4.69) is 10.1 Å². The van der Waals surface area contributed by atoms with Gasteiger partial charge in [0.1, 0.15) is 24.5 Å². The number of aliphatic hydroxyl groups is 3. The van der Waals surface area contributed by atoms with E-state index in [4.69, 9.17) is 22.1 Å². The average molecular weight is 261 g/mol. The second-order valence-electron chi connectivity index (χ2n) is 3.61. The number of nitrogens with zero attached hydrogens (tertiary/aromatic N) is 2. The SMILES string of the molecule is O=c1cnn([C@@H]2O[C@@H](CO)[C@H](O)[C@H]2O)c(=S)[nH]1. The monoisotopic (exact) mass is 261 g/mol. The Kier molecular flexibility index (Phi) is 3.35. The zero-order chi connectivity index (χ0) is 12.6. The van der Waals surface area contributed by atoms with Crippen LogP contribution in [0.15, 0.2) is 11.0 Å². The largest absolute Gasteiger partial charge is 0.394 e. The number of hydrogen-bond donors (Lipinski definition) is 4. The first-order chi connectivity index (χ1) is 8.04. The van der Waals surface area contributed by atoms with Gasteiger partial charge in [0.15, 0.2) is 11.0 Å². The van der Waals surface area contributed by atoms with Gasteiger partial charge in [0.2, 0.25) is 0 Å². The molecule has 0 aromatic carbocycles. The number of hydrogen-bond acceptors (Lipinski definition) is 7. The standard InChI is InChI=1S/C8H11N3O5S/c12-2-3-5(14)6(15)7(16-3)11-8(17)10-4(13)1-9-11/h1,3,5-7,12,14-15H,2H2,(H,10,13,17)/t3-,5-,6+,7+/m0/s1. The van der Waals surface area contributed by atoms with Gasteiger partial charge < -0.3 is 20.1 Å². The second kappa shape index (κ2) is 4.63. The van der Waals surface area contributed by atoms with Crippen molar-refractivity contribution in [1.29, 1.82) is 0 Å². The van der Waals surface area contributed by atoms with E-state index in [-0.39, 0.29) is 4.77 Å². The summed E-state index contributed by atoms with van der Waals surface area (Å²) in [6.07, 6.45) is -3.49. The van der Waals surface area contributed by atoms with Crippen LogP contribution in [0.2, 0.25) is 0 Å². The summed E-state index contributed by atoms with van der Waals surface area (Å²) in [7, 11) is 0. The molecule has 0 radical (unpaired) electrons. The van der Waals surface area contributed by atoms with Crippen LogP contribution in [-0.2, 0) is 4.74 Å². The van der Waals surface area contributed by atoms with Gasteiger partial charge in [0.05, 0.1) is 6.61 Å². The van der Waals surface area contributed by atoms with Crippen molar-refractivity contribution in [3.63, 3.8) is 0 Å². The smallest absolute Gasteiger partial charge is 0.270 e. The highest BCUT2D eigenvalue weighted by molar-refractivity contribution is 7.71. The molecule has 1 aliphatic heterocycles. The fraction of sp³-hybridized carbons (Fsp3) is 0.625. The van der Waals surface area contributed by atoms with Crippen molar-refractivity contribution in [2.75, 3.05) is 6.61 Å². The van der Waals surface area contributed by atoms with Gasteiger partial charge in [-0.2, -0.15) is 5.10 Å². The lowest BCUT2D eigenvalue weighted by atomic mass is 10.1. The topological polar surface area (TPSA) is 121 Å². The maximum Gasteiger partial charge on any atom is 0.270 e. The molecule has 0 unspecified atom stereocenters. The van der Waals surface area contributed by atoms with Gasteiger partial charge in [-0.25, -0.2) is 4.68 Å². The maximum absolute atomic E-state index is 10.9. The van der Waals surface area contributed by atoms with Gasteiger partial charge in [0, 0.05) is 0 Å². The predicted molar refractivity (Wildman–Crippen MR) is 56.7 cm³/mol. The number of aromatic nitrogens is 3. The van der Waals surface area contributed by atoms with Crippen LogP contribution >= 0.6 is 12.2 Å². The first-order valence-corrected chi connectivity index (χ1v) is 5.26. The summed E-state index contributed by atoms with van der Waals surface area (Å²) in [5.74, 6) is 0. The van der Waals surface area contributed by atoms with Crippen LogP contribution in [0.5, 0.6) is 0 Å². The zero-order valence-electron chi connectivity index (χ0n) is 8.55. The molecule has 0 amide bonds. The van der Waals surface area contributed by atoms with Crippen molar-refractivity contribution in [2.24, 2.45) is 0 Å². The molecule has 17 heavy (non-hydrogen) atoms. The molecule has 9 heteroatoms. The normalized spacial score (nSPS) is 32.9. The molecule has 2 heterocycles. The van der Waals surface area contributed by atoms with E-state index >= 15 is 0 Å². The van der Waals surface area contributed by atoms with Crippen molar-refractivity contribution >= 4 is 12.2 Å². The quantitative estimate of drug-likeness (QED) is 0.450. The van der Waals surface area contributed by atoms with Gasteiger partial charge in [0.25, 0.3) is 5.56 Å². The molecule has 0 saturated carbocycles. The Morgan fingerprint density at radius 1 is 1.53 bits per heavy atom. The Bertz CT molecular complexity index is 514. The highest BCUT2D eigenvalue weighted by Crippen LogP contribution is 2.28. The lowest BCUT2D eigenvalue weighted by Gasteiger charge is -2.16. The highest BCUT2D eigenvalue weighted by atomic mass is 32.1. The lowest BCUT2D eigenvalue weighted by molar-refractivity contribution is -0.0607. The molecule has 0 aliphatic carbocycles. The van der Waals surface area contributed by atoms with Crippen molar-refractivity contribution < 1.29 is 20.1 Å². The van der Waals surface area contributed by atoms with Crippen molar-refractivity contribution in [1.82, 2.24) is 14.8 Å². The Balaban J connectivity index is 2.35. The molecule has 1 fully saturated rings. The molecule has 8 nitrogen and oxygen atoms in total. The molecule has 2 rings (SSSR count). The van der Waals surface area contributed by atoms with Crippen LogP contribution in [0.4, 0.5) is 0 Å². The second-order valence-corrected chi connectivity index (χ2v) is 4.00. The number of rotatable bonds is 2. The van der Waals surface area contributed by atoms with Gasteiger partial charge in [-0.3, -0.25) is 9.78 Å². The molecule has 4 N–H and O–H groups in total. The maximum atomic E-state index is 10.9. The van der Waals surface area contributed by atoms with Crippen LogP contribution in [-0.4, -0.2) is 55.0 Å². The Hall–Kier alpha value is -1.13. The van der Waals surface area contributed by atoms with Crippen molar-refractivity contribution in [2.45, 2.75) is 24.5 Å². The van der Waals surface area contributed by atoms with E-state index in [0.717, 1.165) is 10.9 Å². The Labute approximate surface area is 100 Å². The van der Waals surface area contributed by atoms with E-state index in [1.807, 2.05) is 0 Å². The third-order valence-corrected chi connectivity index (χ3v) is 2.78. The first-order valence-electron chi connectivity index (χ1n) is 4.85. The molecule has 0 bridgehead atoms. The fourth-order valence-corrected chi connectivity index (χ4v) is 1.88. The van der Waals surface area contributed by atoms with Crippen molar-refractivity contribution in [3.8, 4) is 0 Å². The minimum atomic E-state index is -1.28. The minimum Gasteiger partial charge on any atom is -0.394 e. The van der Waals surface area contributed by atoms with Gasteiger partial charge in [-0.05, 0) is 12.2 Å². The highest BCUT2D eigenvalue weighted by Gasteiger charge is 2.43. The van der Waals surface area contributed by atoms with E-state index in [1.54, 1.807) is 0 Å². The first kappa shape index (κ1) is 12.3. The van der Waals surface area contributed by atoms with Crippen molar-refractivity contribution in [3.05, 3.63) is 21.3 Å². The number of H-pyrrole nitrogens is 1. The molecule has 1 aliphatic rings.